The van der Waals surface area contributed by atoms with E-state index in [-0.39, 0.29) is 30.5 Å². The Kier molecular flexibility index (Phi) is 6.70. The van der Waals surface area contributed by atoms with Gasteiger partial charge < -0.3 is 15.4 Å². The number of rotatable bonds is 8. The van der Waals surface area contributed by atoms with Crippen molar-refractivity contribution >= 4 is 21.8 Å². The third-order valence-electron chi connectivity index (χ3n) is 3.30. The zero-order valence-corrected chi connectivity index (χ0v) is 14.7. The topological polar surface area (TPSA) is 128 Å². The van der Waals surface area contributed by atoms with E-state index in [1.54, 1.807) is 36.4 Å². The third kappa shape index (κ3) is 6.54. The lowest BCUT2D eigenvalue weighted by Crippen LogP contribution is -2.38. The predicted octanol–water partition coefficient (Wildman–Crippen LogP) is 0.145. The molecular weight excluding hydrogens is 358 g/mol. The molecule has 0 bridgehead atoms. The summed E-state index contributed by atoms with van der Waals surface area (Å²) in [4.78, 5) is 23.4. The summed E-state index contributed by atoms with van der Waals surface area (Å²) in [5.74, 6) is -0.231. The van der Waals surface area contributed by atoms with Crippen molar-refractivity contribution in [2.75, 3.05) is 13.2 Å². The molecule has 0 spiro atoms. The first-order chi connectivity index (χ1) is 12.3. The minimum absolute atomic E-state index is 0.00161. The van der Waals surface area contributed by atoms with Crippen LogP contribution in [-0.2, 0) is 26.2 Å². The molecule has 0 saturated heterocycles. The summed E-state index contributed by atoms with van der Waals surface area (Å²) in [5, 5.41) is 10.1. The highest BCUT2D eigenvalue weighted by Gasteiger charge is 2.08. The molecule has 138 valence electrons. The number of hydrogen-bond donors (Lipinski definition) is 3. The number of nitrogens with two attached hydrogens (primary N) is 1. The largest absolute Gasteiger partial charge is 0.484 e. The van der Waals surface area contributed by atoms with Crippen LogP contribution in [0.3, 0.4) is 0 Å². The van der Waals surface area contributed by atoms with Gasteiger partial charge in [0.15, 0.2) is 6.61 Å². The van der Waals surface area contributed by atoms with Crippen LogP contribution in [0, 0.1) is 0 Å². The summed E-state index contributed by atoms with van der Waals surface area (Å²) in [6, 6.07) is 14.7. The second-order valence-corrected chi connectivity index (χ2v) is 6.91. The summed E-state index contributed by atoms with van der Waals surface area (Å²) in [6.45, 7) is -0.182. The van der Waals surface area contributed by atoms with Crippen LogP contribution in [-0.4, -0.2) is 33.4 Å². The van der Waals surface area contributed by atoms with Crippen molar-refractivity contribution in [3.05, 3.63) is 60.2 Å². The predicted molar refractivity (Wildman–Crippen MR) is 94.6 cm³/mol. The number of para-hydroxylation sites is 1. The molecule has 0 heterocycles. The van der Waals surface area contributed by atoms with E-state index in [4.69, 9.17) is 9.88 Å². The maximum Gasteiger partial charge on any atom is 0.258 e. The molecule has 0 aliphatic carbocycles. The fraction of sp³-hybridized carbons (Fsp3) is 0.176. The van der Waals surface area contributed by atoms with E-state index in [1.807, 2.05) is 6.07 Å². The second-order valence-electron chi connectivity index (χ2n) is 5.34. The molecule has 26 heavy (non-hydrogen) atoms. The highest BCUT2D eigenvalue weighted by Crippen LogP contribution is 2.08. The van der Waals surface area contributed by atoms with Crippen molar-refractivity contribution in [1.29, 1.82) is 0 Å². The highest BCUT2D eigenvalue weighted by molar-refractivity contribution is 7.89. The van der Waals surface area contributed by atoms with Crippen molar-refractivity contribution in [2.24, 2.45) is 5.14 Å². The Hall–Kier alpha value is -2.91. The molecule has 4 N–H and O–H groups in total. The molecule has 0 aromatic heterocycles. The molecule has 8 nitrogen and oxygen atoms in total. The molecule has 0 radical (unpaired) electrons. The van der Waals surface area contributed by atoms with Crippen molar-refractivity contribution in [3.8, 4) is 5.75 Å². The molecule has 0 aliphatic rings. The lowest BCUT2D eigenvalue weighted by Gasteiger charge is -2.08. The van der Waals surface area contributed by atoms with Crippen LogP contribution >= 0.6 is 0 Å². The number of amides is 2. The highest BCUT2D eigenvalue weighted by atomic mass is 32.2. The number of primary sulfonamides is 1. The summed E-state index contributed by atoms with van der Waals surface area (Å²) in [7, 11) is -3.74. The van der Waals surface area contributed by atoms with E-state index in [0.29, 0.717) is 11.3 Å². The Labute approximate surface area is 151 Å². The van der Waals surface area contributed by atoms with Gasteiger partial charge >= 0.3 is 0 Å². The maximum atomic E-state index is 11.7. The summed E-state index contributed by atoms with van der Waals surface area (Å²) < 4.78 is 27.6. The molecule has 2 aromatic carbocycles. The van der Waals surface area contributed by atoms with Crippen LogP contribution in [0.1, 0.15) is 5.56 Å². The van der Waals surface area contributed by atoms with Crippen LogP contribution in [0.15, 0.2) is 59.5 Å². The van der Waals surface area contributed by atoms with E-state index in [2.05, 4.69) is 10.6 Å². The van der Waals surface area contributed by atoms with Crippen LogP contribution in [0.2, 0.25) is 0 Å². The third-order valence-corrected chi connectivity index (χ3v) is 4.23. The molecular formula is C17H19N3O5S. The first kappa shape index (κ1) is 19.4. The number of hydrogen-bond acceptors (Lipinski definition) is 5. The van der Waals surface area contributed by atoms with Crippen molar-refractivity contribution in [2.45, 2.75) is 11.4 Å². The number of sulfonamides is 1. The molecule has 9 heteroatoms. The summed E-state index contributed by atoms with van der Waals surface area (Å²) in [5.41, 5.74) is 0.699. The molecule has 0 saturated carbocycles. The monoisotopic (exact) mass is 377 g/mol. The van der Waals surface area contributed by atoms with Crippen LogP contribution in [0.25, 0.3) is 0 Å². The van der Waals surface area contributed by atoms with Crippen molar-refractivity contribution in [1.82, 2.24) is 10.6 Å². The van der Waals surface area contributed by atoms with Gasteiger partial charge in [0.05, 0.1) is 11.4 Å². The quantitative estimate of drug-likeness (QED) is 0.603. The normalized spacial score (nSPS) is 10.8. The summed E-state index contributed by atoms with van der Waals surface area (Å²) >= 11 is 0. The smallest absolute Gasteiger partial charge is 0.258 e. The van der Waals surface area contributed by atoms with E-state index in [1.165, 1.54) is 12.1 Å². The summed E-state index contributed by atoms with van der Waals surface area (Å²) in [6.07, 6.45) is 0. The first-order valence-electron chi connectivity index (χ1n) is 7.67. The van der Waals surface area contributed by atoms with Crippen LogP contribution in [0.4, 0.5) is 0 Å². The Morgan fingerprint density at radius 1 is 0.923 bits per heavy atom. The number of carbonyl (C=O) groups excluding carboxylic acids is 2. The van der Waals surface area contributed by atoms with E-state index >= 15 is 0 Å². The molecule has 2 rings (SSSR count). The SMILES string of the molecule is NS(=O)(=O)c1ccc(CNC(=O)CNC(=O)COc2ccccc2)cc1. The standard InChI is InChI=1S/C17H19N3O5S/c18-26(23,24)15-8-6-13(7-9-15)10-19-16(21)11-20-17(22)12-25-14-4-2-1-3-5-14/h1-9H,10-12H2,(H,19,21)(H,20,22)(H2,18,23,24). The fourth-order valence-electron chi connectivity index (χ4n) is 1.96. The molecule has 0 atom stereocenters. The fourth-order valence-corrected chi connectivity index (χ4v) is 2.47. The van der Waals surface area contributed by atoms with Gasteiger partial charge in [-0.05, 0) is 29.8 Å². The van der Waals surface area contributed by atoms with E-state index in [0.717, 1.165) is 0 Å². The minimum Gasteiger partial charge on any atom is -0.484 e. The average molecular weight is 377 g/mol. The molecule has 0 aliphatic heterocycles. The zero-order valence-electron chi connectivity index (χ0n) is 13.8. The van der Waals surface area contributed by atoms with Gasteiger partial charge in [-0.1, -0.05) is 30.3 Å². The van der Waals surface area contributed by atoms with Gasteiger partial charge in [0.2, 0.25) is 15.9 Å². The van der Waals surface area contributed by atoms with Crippen molar-refractivity contribution in [3.63, 3.8) is 0 Å². The number of nitrogens with one attached hydrogen (secondary N) is 2. The van der Waals surface area contributed by atoms with Crippen molar-refractivity contribution < 1.29 is 22.7 Å². The number of carbonyl (C=O) groups is 2. The Morgan fingerprint density at radius 3 is 2.19 bits per heavy atom. The van der Waals surface area contributed by atoms with E-state index < -0.39 is 15.9 Å². The van der Waals surface area contributed by atoms with Gasteiger partial charge in [-0.2, -0.15) is 0 Å². The van der Waals surface area contributed by atoms with Gasteiger partial charge in [-0.3, -0.25) is 9.59 Å². The van der Waals surface area contributed by atoms with E-state index in [9.17, 15) is 18.0 Å². The van der Waals surface area contributed by atoms with Gasteiger partial charge in [0, 0.05) is 6.54 Å². The molecule has 2 amide bonds. The Morgan fingerprint density at radius 2 is 1.58 bits per heavy atom. The average Bonchev–Trinajstić information content (AvgIpc) is 2.63. The van der Waals surface area contributed by atoms with Crippen LogP contribution < -0.4 is 20.5 Å². The van der Waals surface area contributed by atoms with Gasteiger partial charge in [0.1, 0.15) is 5.75 Å². The lowest BCUT2D eigenvalue weighted by atomic mass is 10.2. The minimum atomic E-state index is -3.74. The molecule has 2 aromatic rings. The Balaban J connectivity index is 1.69. The zero-order chi connectivity index (χ0) is 19.0. The Bertz CT molecular complexity index is 852. The van der Waals surface area contributed by atoms with Gasteiger partial charge in [-0.25, -0.2) is 13.6 Å². The van der Waals surface area contributed by atoms with Gasteiger partial charge in [0.25, 0.3) is 5.91 Å². The number of benzene rings is 2. The number of ether oxygens (including phenoxy) is 1. The molecule has 0 unspecified atom stereocenters. The lowest BCUT2D eigenvalue weighted by molar-refractivity contribution is -0.127. The second kappa shape index (κ2) is 8.97. The van der Waals surface area contributed by atoms with Gasteiger partial charge in [-0.15, -0.1) is 0 Å². The maximum absolute atomic E-state index is 11.7. The first-order valence-corrected chi connectivity index (χ1v) is 9.22. The van der Waals surface area contributed by atoms with Crippen LogP contribution in [0.5, 0.6) is 5.75 Å². The molecule has 0 fully saturated rings.